The van der Waals surface area contributed by atoms with Gasteiger partial charge in [-0.2, -0.15) is 4.31 Å². The Kier molecular flexibility index (Phi) is 5.90. The third kappa shape index (κ3) is 4.93. The summed E-state index contributed by atoms with van der Waals surface area (Å²) in [7, 11) is -3.48. The van der Waals surface area contributed by atoms with Gasteiger partial charge < -0.3 is 10.6 Å². The van der Waals surface area contributed by atoms with Crippen molar-refractivity contribution in [1.82, 2.24) is 14.9 Å². The fourth-order valence-electron chi connectivity index (χ4n) is 4.84. The van der Waals surface area contributed by atoms with Crippen LogP contribution >= 0.6 is 0 Å². The van der Waals surface area contributed by atoms with E-state index in [-0.39, 0.29) is 28.9 Å². The van der Waals surface area contributed by atoms with Gasteiger partial charge in [-0.1, -0.05) is 18.2 Å². The first-order valence-corrected chi connectivity index (χ1v) is 11.6. The zero-order chi connectivity index (χ0) is 20.6. The smallest absolute Gasteiger partial charge is 0.243 e. The summed E-state index contributed by atoms with van der Waals surface area (Å²) >= 11 is 0. The molecule has 156 valence electrons. The number of nitrogens with zero attached hydrogens (tertiary/aromatic N) is 1. The Morgan fingerprint density at radius 1 is 1.04 bits per heavy atom. The summed E-state index contributed by atoms with van der Waals surface area (Å²) in [5, 5.41) is 6.87. The van der Waals surface area contributed by atoms with Crippen LogP contribution in [0.2, 0.25) is 0 Å². The predicted octanol–water partition coefficient (Wildman–Crippen LogP) is 2.51. The zero-order valence-corrected chi connectivity index (χ0v) is 18.2. The van der Waals surface area contributed by atoms with E-state index in [1.54, 1.807) is 30.3 Å². The number of amides is 1. The average molecular weight is 408 g/mol. The lowest BCUT2D eigenvalue weighted by Crippen LogP contribution is -2.62. The lowest BCUT2D eigenvalue weighted by atomic mass is 9.79. The minimum absolute atomic E-state index is 0.0210. The molecule has 0 bridgehead atoms. The molecule has 2 heterocycles. The molecule has 3 rings (SSSR count). The van der Waals surface area contributed by atoms with Crippen LogP contribution in [-0.2, 0) is 14.8 Å². The van der Waals surface area contributed by atoms with Crippen LogP contribution in [0.5, 0.6) is 0 Å². The lowest BCUT2D eigenvalue weighted by Gasteiger charge is -2.47. The van der Waals surface area contributed by atoms with Crippen molar-refractivity contribution in [3.8, 4) is 0 Å². The van der Waals surface area contributed by atoms with Crippen molar-refractivity contribution in [3.05, 3.63) is 30.3 Å². The van der Waals surface area contributed by atoms with E-state index in [0.717, 1.165) is 12.8 Å². The topological polar surface area (TPSA) is 78.5 Å². The summed E-state index contributed by atoms with van der Waals surface area (Å²) in [5.41, 5.74) is -0.0420. The van der Waals surface area contributed by atoms with Crippen molar-refractivity contribution in [2.75, 3.05) is 13.1 Å². The van der Waals surface area contributed by atoms with Gasteiger partial charge in [0.15, 0.2) is 0 Å². The Morgan fingerprint density at radius 3 is 2.11 bits per heavy atom. The molecule has 0 aliphatic carbocycles. The van der Waals surface area contributed by atoms with E-state index in [1.807, 2.05) is 0 Å². The van der Waals surface area contributed by atoms with Gasteiger partial charge >= 0.3 is 0 Å². The van der Waals surface area contributed by atoms with Crippen LogP contribution in [0.3, 0.4) is 0 Å². The van der Waals surface area contributed by atoms with E-state index in [0.29, 0.717) is 30.8 Å². The van der Waals surface area contributed by atoms with Crippen LogP contribution in [0.15, 0.2) is 35.2 Å². The van der Waals surface area contributed by atoms with Crippen molar-refractivity contribution >= 4 is 15.9 Å². The SMILES string of the molecule is CC1(C)CC(NC(=O)C2CCN(S(=O)(=O)c3ccccc3)CC2)CC(C)(C)N1. The first-order chi connectivity index (χ1) is 13.0. The Balaban J connectivity index is 1.57. The van der Waals surface area contributed by atoms with Crippen molar-refractivity contribution < 1.29 is 13.2 Å². The van der Waals surface area contributed by atoms with Gasteiger partial charge in [0.1, 0.15) is 0 Å². The fourth-order valence-corrected chi connectivity index (χ4v) is 6.33. The first kappa shape index (κ1) is 21.3. The third-order valence-corrected chi connectivity index (χ3v) is 7.66. The van der Waals surface area contributed by atoms with E-state index >= 15 is 0 Å². The molecule has 2 fully saturated rings. The molecule has 1 aromatic rings. The maximum absolute atomic E-state index is 12.8. The highest BCUT2D eigenvalue weighted by Gasteiger charge is 2.39. The summed E-state index contributed by atoms with van der Waals surface area (Å²) in [4.78, 5) is 13.1. The second-order valence-electron chi connectivity index (χ2n) is 9.50. The molecular formula is C21H33N3O3S. The second kappa shape index (κ2) is 7.76. The zero-order valence-electron chi connectivity index (χ0n) is 17.4. The molecule has 7 heteroatoms. The molecule has 0 aromatic heterocycles. The number of rotatable bonds is 4. The molecule has 0 atom stereocenters. The van der Waals surface area contributed by atoms with Gasteiger partial charge in [0.2, 0.25) is 15.9 Å². The molecule has 1 amide bonds. The molecular weight excluding hydrogens is 374 g/mol. The van der Waals surface area contributed by atoms with Crippen LogP contribution in [0.1, 0.15) is 53.4 Å². The van der Waals surface area contributed by atoms with Crippen molar-refractivity contribution in [2.24, 2.45) is 5.92 Å². The van der Waals surface area contributed by atoms with E-state index < -0.39 is 10.0 Å². The normalized spacial score (nSPS) is 24.0. The van der Waals surface area contributed by atoms with Gasteiger partial charge in [0.05, 0.1) is 4.90 Å². The molecule has 28 heavy (non-hydrogen) atoms. The standard InChI is InChI=1S/C21H33N3O3S/c1-20(2)14-17(15-21(3,4)23-20)22-19(25)16-10-12-24(13-11-16)28(26,27)18-8-6-5-7-9-18/h5-9,16-17,23H,10-15H2,1-4H3,(H,22,25). The highest BCUT2D eigenvalue weighted by atomic mass is 32.2. The van der Waals surface area contributed by atoms with Crippen LogP contribution in [0.4, 0.5) is 0 Å². The molecule has 0 spiro atoms. The maximum atomic E-state index is 12.8. The lowest BCUT2D eigenvalue weighted by molar-refractivity contribution is -0.127. The number of hydrogen-bond acceptors (Lipinski definition) is 4. The van der Waals surface area contributed by atoms with Crippen molar-refractivity contribution in [1.29, 1.82) is 0 Å². The first-order valence-electron chi connectivity index (χ1n) is 10.1. The van der Waals surface area contributed by atoms with Crippen LogP contribution in [0, 0.1) is 5.92 Å². The number of carbonyl (C=O) groups is 1. The fraction of sp³-hybridized carbons (Fsp3) is 0.667. The summed E-state index contributed by atoms with van der Waals surface area (Å²) in [6.45, 7) is 9.44. The number of benzene rings is 1. The van der Waals surface area contributed by atoms with Crippen LogP contribution < -0.4 is 10.6 Å². The van der Waals surface area contributed by atoms with E-state index in [4.69, 9.17) is 0 Å². The minimum atomic E-state index is -3.48. The molecule has 0 saturated carbocycles. The van der Waals surface area contributed by atoms with Crippen LogP contribution in [0.25, 0.3) is 0 Å². The Morgan fingerprint density at radius 2 is 1.57 bits per heavy atom. The van der Waals surface area contributed by atoms with Gasteiger partial charge in [-0.15, -0.1) is 0 Å². The van der Waals surface area contributed by atoms with Gasteiger partial charge in [-0.3, -0.25) is 4.79 Å². The monoisotopic (exact) mass is 407 g/mol. The van der Waals surface area contributed by atoms with Crippen LogP contribution in [-0.4, -0.2) is 48.8 Å². The third-order valence-electron chi connectivity index (χ3n) is 5.74. The van der Waals surface area contributed by atoms with Crippen molar-refractivity contribution in [2.45, 2.75) is 75.4 Å². The Labute approximate surface area is 169 Å². The molecule has 1 aromatic carbocycles. The van der Waals surface area contributed by atoms with Gasteiger partial charge in [0.25, 0.3) is 0 Å². The molecule has 0 radical (unpaired) electrons. The number of nitrogens with one attached hydrogen (secondary N) is 2. The highest BCUT2D eigenvalue weighted by molar-refractivity contribution is 7.89. The summed E-state index contributed by atoms with van der Waals surface area (Å²) < 4.78 is 27.0. The molecule has 2 aliphatic heterocycles. The number of piperidine rings is 2. The van der Waals surface area contributed by atoms with E-state index in [9.17, 15) is 13.2 Å². The Hall–Kier alpha value is -1.44. The van der Waals surface area contributed by atoms with Gasteiger partial charge in [-0.25, -0.2) is 8.42 Å². The molecule has 2 N–H and O–H groups in total. The average Bonchev–Trinajstić information content (AvgIpc) is 2.60. The Bertz CT molecular complexity index is 781. The summed E-state index contributed by atoms with van der Waals surface area (Å²) in [5.74, 6) is -0.0569. The predicted molar refractivity (Wildman–Crippen MR) is 110 cm³/mol. The molecule has 6 nitrogen and oxygen atoms in total. The van der Waals surface area contributed by atoms with E-state index in [2.05, 4.69) is 38.3 Å². The van der Waals surface area contributed by atoms with E-state index in [1.165, 1.54) is 4.31 Å². The molecule has 0 unspecified atom stereocenters. The maximum Gasteiger partial charge on any atom is 0.243 e. The minimum Gasteiger partial charge on any atom is -0.353 e. The highest BCUT2D eigenvalue weighted by Crippen LogP contribution is 2.29. The number of sulfonamides is 1. The van der Waals surface area contributed by atoms with Gasteiger partial charge in [0, 0.05) is 36.1 Å². The molecule has 2 aliphatic rings. The van der Waals surface area contributed by atoms with Crippen molar-refractivity contribution in [3.63, 3.8) is 0 Å². The summed E-state index contributed by atoms with van der Waals surface area (Å²) in [6, 6.07) is 8.65. The number of hydrogen-bond donors (Lipinski definition) is 2. The quantitative estimate of drug-likeness (QED) is 0.804. The second-order valence-corrected chi connectivity index (χ2v) is 11.4. The summed E-state index contributed by atoms with van der Waals surface area (Å²) in [6.07, 6.45) is 2.91. The molecule has 2 saturated heterocycles. The van der Waals surface area contributed by atoms with Gasteiger partial charge in [-0.05, 0) is 65.5 Å². The number of carbonyl (C=O) groups excluding carboxylic acids is 1. The largest absolute Gasteiger partial charge is 0.353 e.